The van der Waals surface area contributed by atoms with Gasteiger partial charge in [-0.2, -0.15) is 5.10 Å². The summed E-state index contributed by atoms with van der Waals surface area (Å²) in [5.74, 6) is -0.281. The number of ether oxygens (including phenoxy) is 1. The van der Waals surface area contributed by atoms with Crippen molar-refractivity contribution in [2.24, 2.45) is 5.92 Å². The van der Waals surface area contributed by atoms with Crippen LogP contribution in [0.25, 0.3) is 16.9 Å². The second-order valence-corrected chi connectivity index (χ2v) is 9.01. The van der Waals surface area contributed by atoms with Gasteiger partial charge in [0.1, 0.15) is 5.82 Å². The van der Waals surface area contributed by atoms with Crippen molar-refractivity contribution in [2.45, 2.75) is 26.2 Å². The molecule has 0 N–H and O–H groups in total. The van der Waals surface area contributed by atoms with Crippen molar-refractivity contribution in [1.29, 1.82) is 0 Å². The van der Waals surface area contributed by atoms with Gasteiger partial charge in [0.15, 0.2) is 5.69 Å². The maximum absolute atomic E-state index is 13.5. The summed E-state index contributed by atoms with van der Waals surface area (Å²) >= 11 is 0. The average molecular weight is 477 g/mol. The van der Waals surface area contributed by atoms with Crippen molar-refractivity contribution in [3.8, 4) is 16.9 Å². The summed E-state index contributed by atoms with van der Waals surface area (Å²) in [5, 5.41) is 4.44. The van der Waals surface area contributed by atoms with Gasteiger partial charge >= 0.3 is 5.97 Å². The first-order valence-corrected chi connectivity index (χ1v) is 12.2. The van der Waals surface area contributed by atoms with Gasteiger partial charge in [-0.3, -0.25) is 4.79 Å². The molecule has 1 aliphatic heterocycles. The number of piperazine rings is 1. The predicted molar refractivity (Wildman–Crippen MR) is 131 cm³/mol. The summed E-state index contributed by atoms with van der Waals surface area (Å²) < 4.78 is 20.2. The number of benzene rings is 2. The Hall–Kier alpha value is -3.68. The van der Waals surface area contributed by atoms with Crippen LogP contribution in [-0.2, 0) is 9.53 Å². The number of hydrogen-bond acceptors (Lipinski definition) is 5. The molecule has 5 rings (SSSR count). The maximum atomic E-state index is 13.5. The zero-order chi connectivity index (χ0) is 24.4. The summed E-state index contributed by atoms with van der Waals surface area (Å²) in [5.41, 5.74) is 3.51. The normalized spacial score (nSPS) is 16.2. The van der Waals surface area contributed by atoms with Crippen LogP contribution in [0.5, 0.6) is 0 Å². The summed E-state index contributed by atoms with van der Waals surface area (Å²) in [4.78, 5) is 29.2. The topological polar surface area (TPSA) is 67.7 Å². The number of halogens is 1. The second kappa shape index (κ2) is 9.90. The Morgan fingerprint density at radius 3 is 2.23 bits per heavy atom. The monoisotopic (exact) mass is 476 g/mol. The Morgan fingerprint density at radius 1 is 0.971 bits per heavy atom. The van der Waals surface area contributed by atoms with E-state index in [2.05, 4.69) is 10.00 Å². The van der Waals surface area contributed by atoms with Crippen molar-refractivity contribution in [2.75, 3.05) is 37.7 Å². The summed E-state index contributed by atoms with van der Waals surface area (Å²) in [7, 11) is 0. The Bertz CT molecular complexity index is 1190. The van der Waals surface area contributed by atoms with Gasteiger partial charge in [0, 0.05) is 43.3 Å². The van der Waals surface area contributed by atoms with Gasteiger partial charge in [0.25, 0.3) is 0 Å². The average Bonchev–Trinajstić information content (AvgIpc) is 3.29. The molecule has 0 bridgehead atoms. The van der Waals surface area contributed by atoms with E-state index in [1.165, 1.54) is 18.6 Å². The minimum absolute atomic E-state index is 0.197. The third-order valence-corrected chi connectivity index (χ3v) is 6.84. The number of aromatic nitrogens is 2. The van der Waals surface area contributed by atoms with E-state index < -0.39 is 5.97 Å². The Balaban J connectivity index is 1.35. The minimum atomic E-state index is -0.499. The molecule has 1 aliphatic carbocycles. The number of nitrogens with zero attached hydrogens (tertiary/aromatic N) is 4. The highest BCUT2D eigenvalue weighted by Gasteiger charge is 2.31. The van der Waals surface area contributed by atoms with E-state index >= 15 is 0 Å². The van der Waals surface area contributed by atoms with Crippen molar-refractivity contribution in [3.63, 3.8) is 0 Å². The van der Waals surface area contributed by atoms with E-state index in [1.807, 2.05) is 29.2 Å². The van der Waals surface area contributed by atoms with Crippen LogP contribution in [0, 0.1) is 11.7 Å². The summed E-state index contributed by atoms with van der Waals surface area (Å²) in [6.45, 7) is 5.11. The number of esters is 1. The fourth-order valence-corrected chi connectivity index (χ4v) is 4.61. The molecular formula is C27H29FN4O3. The van der Waals surface area contributed by atoms with E-state index in [-0.39, 0.29) is 24.0 Å². The van der Waals surface area contributed by atoms with Crippen molar-refractivity contribution in [1.82, 2.24) is 14.7 Å². The van der Waals surface area contributed by atoms with Crippen LogP contribution in [0.15, 0.2) is 54.6 Å². The Kier molecular flexibility index (Phi) is 6.53. The number of carbonyl (C=O) groups excluding carboxylic acids is 2. The largest absolute Gasteiger partial charge is 0.461 e. The Morgan fingerprint density at radius 2 is 1.63 bits per heavy atom. The standard InChI is InChI=1S/C27H29FN4O3/c1-2-35-27(34)24-18-25(32(29-24)23-12-8-21(28)9-13-23)19-6-10-22(11-7-19)30-14-16-31(17-15-30)26(33)20-4-3-5-20/h6-13,18,20H,2-5,14-17H2,1H3. The quantitative estimate of drug-likeness (QED) is 0.496. The highest BCUT2D eigenvalue weighted by atomic mass is 19.1. The van der Waals surface area contributed by atoms with Crippen LogP contribution in [-0.4, -0.2) is 59.3 Å². The first kappa shape index (κ1) is 23.1. The van der Waals surface area contributed by atoms with Gasteiger partial charge in [0.05, 0.1) is 18.0 Å². The van der Waals surface area contributed by atoms with E-state index in [0.29, 0.717) is 17.3 Å². The molecule has 0 unspecified atom stereocenters. The van der Waals surface area contributed by atoms with Crippen LogP contribution in [0.3, 0.4) is 0 Å². The number of anilines is 1. The lowest BCUT2D eigenvalue weighted by molar-refractivity contribution is -0.138. The van der Waals surface area contributed by atoms with Gasteiger partial charge in [-0.1, -0.05) is 18.6 Å². The molecule has 2 heterocycles. The van der Waals surface area contributed by atoms with E-state index in [1.54, 1.807) is 29.8 Å². The molecule has 8 heteroatoms. The number of rotatable bonds is 6. The second-order valence-electron chi connectivity index (χ2n) is 9.01. The van der Waals surface area contributed by atoms with Crippen molar-refractivity contribution >= 4 is 17.6 Å². The summed E-state index contributed by atoms with van der Waals surface area (Å²) in [6, 6.07) is 15.8. The van der Waals surface area contributed by atoms with Gasteiger partial charge < -0.3 is 14.5 Å². The Labute approximate surface area is 204 Å². The smallest absolute Gasteiger partial charge is 0.358 e. The fourth-order valence-electron chi connectivity index (χ4n) is 4.61. The molecule has 1 amide bonds. The molecule has 2 aromatic carbocycles. The molecule has 2 fully saturated rings. The molecule has 3 aromatic rings. The van der Waals surface area contributed by atoms with E-state index in [4.69, 9.17) is 4.74 Å². The van der Waals surface area contributed by atoms with Gasteiger partial charge in [-0.05, 0) is 62.2 Å². The molecule has 1 saturated carbocycles. The van der Waals surface area contributed by atoms with Crippen LogP contribution >= 0.6 is 0 Å². The van der Waals surface area contributed by atoms with E-state index in [0.717, 1.165) is 50.3 Å². The third kappa shape index (κ3) is 4.78. The molecule has 2 aliphatic rings. The van der Waals surface area contributed by atoms with Gasteiger partial charge in [0.2, 0.25) is 5.91 Å². The van der Waals surface area contributed by atoms with Crippen LogP contribution in [0.1, 0.15) is 36.7 Å². The molecule has 182 valence electrons. The highest BCUT2D eigenvalue weighted by molar-refractivity contribution is 5.89. The van der Waals surface area contributed by atoms with Crippen molar-refractivity contribution in [3.05, 3.63) is 66.1 Å². The van der Waals surface area contributed by atoms with Gasteiger partial charge in [-0.15, -0.1) is 0 Å². The third-order valence-electron chi connectivity index (χ3n) is 6.84. The lowest BCUT2D eigenvalue weighted by Crippen LogP contribution is -2.51. The number of hydrogen-bond donors (Lipinski definition) is 0. The molecule has 1 aromatic heterocycles. The lowest BCUT2D eigenvalue weighted by atomic mass is 9.84. The number of amides is 1. The molecule has 1 saturated heterocycles. The molecule has 0 spiro atoms. The minimum Gasteiger partial charge on any atom is -0.461 e. The first-order chi connectivity index (χ1) is 17.0. The molecule has 7 nitrogen and oxygen atoms in total. The van der Waals surface area contributed by atoms with Crippen LogP contribution in [0.4, 0.5) is 10.1 Å². The SMILES string of the molecule is CCOC(=O)c1cc(-c2ccc(N3CCN(C(=O)C4CCC4)CC3)cc2)n(-c2ccc(F)cc2)n1. The fraction of sp³-hybridized carbons (Fsp3) is 0.370. The highest BCUT2D eigenvalue weighted by Crippen LogP contribution is 2.30. The molecule has 0 atom stereocenters. The van der Waals surface area contributed by atoms with Crippen LogP contribution < -0.4 is 4.90 Å². The molecule has 0 radical (unpaired) electrons. The zero-order valence-corrected chi connectivity index (χ0v) is 19.8. The van der Waals surface area contributed by atoms with Crippen molar-refractivity contribution < 1.29 is 18.7 Å². The van der Waals surface area contributed by atoms with Crippen LogP contribution in [0.2, 0.25) is 0 Å². The van der Waals surface area contributed by atoms with Gasteiger partial charge in [-0.25, -0.2) is 13.9 Å². The predicted octanol–water partition coefficient (Wildman–Crippen LogP) is 4.30. The molecule has 35 heavy (non-hydrogen) atoms. The first-order valence-electron chi connectivity index (χ1n) is 12.2. The lowest BCUT2D eigenvalue weighted by Gasteiger charge is -2.39. The zero-order valence-electron chi connectivity index (χ0n) is 19.8. The maximum Gasteiger partial charge on any atom is 0.358 e. The summed E-state index contributed by atoms with van der Waals surface area (Å²) in [6.07, 6.45) is 3.24. The number of carbonyl (C=O) groups is 2. The van der Waals surface area contributed by atoms with E-state index in [9.17, 15) is 14.0 Å². The molecular weight excluding hydrogens is 447 g/mol.